The van der Waals surface area contributed by atoms with E-state index in [1.165, 1.54) is 6.07 Å². The summed E-state index contributed by atoms with van der Waals surface area (Å²) in [5.74, 6) is 0.454. The summed E-state index contributed by atoms with van der Waals surface area (Å²) < 4.78 is 37.8. The van der Waals surface area contributed by atoms with Crippen LogP contribution < -0.4 is 0 Å². The zero-order valence-corrected chi connectivity index (χ0v) is 10.3. The monoisotopic (exact) mass is 253 g/mol. The van der Waals surface area contributed by atoms with Crippen LogP contribution in [0.3, 0.4) is 0 Å². The Balaban J connectivity index is 2.46. The van der Waals surface area contributed by atoms with Crippen molar-refractivity contribution in [2.75, 3.05) is 0 Å². The molecule has 1 nitrogen and oxygen atoms in total. The van der Waals surface area contributed by atoms with Crippen molar-refractivity contribution in [1.29, 1.82) is 0 Å². The Morgan fingerprint density at radius 3 is 2.50 bits per heavy atom. The van der Waals surface area contributed by atoms with Crippen molar-refractivity contribution in [2.45, 2.75) is 26.4 Å². The van der Waals surface area contributed by atoms with Crippen molar-refractivity contribution in [3.8, 4) is 0 Å². The van der Waals surface area contributed by atoms with Crippen molar-refractivity contribution in [3.63, 3.8) is 0 Å². The molecule has 0 N–H and O–H groups in total. The van der Waals surface area contributed by atoms with Crippen LogP contribution in [0.15, 0.2) is 30.5 Å². The molecule has 4 heteroatoms. The maximum Gasteiger partial charge on any atom is 0.416 e. The van der Waals surface area contributed by atoms with Gasteiger partial charge < -0.3 is 0 Å². The number of aromatic nitrogens is 1. The van der Waals surface area contributed by atoms with E-state index in [9.17, 15) is 13.2 Å². The molecule has 96 valence electrons. The van der Waals surface area contributed by atoms with Gasteiger partial charge in [0, 0.05) is 11.6 Å². The molecule has 2 rings (SSSR count). The van der Waals surface area contributed by atoms with Crippen molar-refractivity contribution in [1.82, 2.24) is 4.98 Å². The molecule has 0 saturated carbocycles. The summed E-state index contributed by atoms with van der Waals surface area (Å²) in [5, 5.41) is 0.544. The molecule has 0 aliphatic heterocycles. The quantitative estimate of drug-likeness (QED) is 0.770. The molecular formula is C14H14F3N. The van der Waals surface area contributed by atoms with Crippen LogP contribution in [0, 0.1) is 5.92 Å². The smallest absolute Gasteiger partial charge is 0.256 e. The van der Waals surface area contributed by atoms with Gasteiger partial charge in [0.05, 0.1) is 11.1 Å². The second kappa shape index (κ2) is 4.59. The first-order valence-corrected chi connectivity index (χ1v) is 5.82. The van der Waals surface area contributed by atoms with Crippen LogP contribution in [-0.4, -0.2) is 4.98 Å². The summed E-state index contributed by atoms with van der Waals surface area (Å²) >= 11 is 0. The first kappa shape index (κ1) is 12.9. The Morgan fingerprint density at radius 1 is 1.17 bits per heavy atom. The van der Waals surface area contributed by atoms with Gasteiger partial charge in [-0.3, -0.25) is 4.98 Å². The van der Waals surface area contributed by atoms with Gasteiger partial charge in [0.15, 0.2) is 0 Å². The number of hydrogen-bond donors (Lipinski definition) is 0. The van der Waals surface area contributed by atoms with Crippen molar-refractivity contribution < 1.29 is 13.2 Å². The lowest BCUT2D eigenvalue weighted by atomic mass is 10.0. The molecular weight excluding hydrogens is 239 g/mol. The Bertz CT molecular complexity index is 558. The predicted octanol–water partition coefficient (Wildman–Crippen LogP) is 4.45. The normalized spacial score (nSPS) is 12.3. The van der Waals surface area contributed by atoms with Crippen LogP contribution in [0.1, 0.15) is 25.0 Å². The highest BCUT2D eigenvalue weighted by molar-refractivity contribution is 5.79. The molecule has 0 bridgehead atoms. The summed E-state index contributed by atoms with van der Waals surface area (Å²) in [6.45, 7) is 4.13. The number of nitrogens with zero attached hydrogens (tertiary/aromatic N) is 1. The third-order valence-electron chi connectivity index (χ3n) is 2.71. The number of pyridine rings is 1. The maximum absolute atomic E-state index is 12.6. The van der Waals surface area contributed by atoms with Gasteiger partial charge in [-0.05, 0) is 42.2 Å². The highest BCUT2D eigenvalue weighted by atomic mass is 19.4. The highest BCUT2D eigenvalue weighted by Crippen LogP contribution is 2.31. The lowest BCUT2D eigenvalue weighted by Crippen LogP contribution is -2.04. The number of benzene rings is 1. The molecule has 2 aromatic rings. The van der Waals surface area contributed by atoms with Crippen molar-refractivity contribution in [3.05, 3.63) is 41.6 Å². The number of hydrogen-bond acceptors (Lipinski definition) is 1. The molecule has 0 amide bonds. The molecule has 0 aliphatic carbocycles. The molecule has 0 atom stereocenters. The zero-order chi connectivity index (χ0) is 13.3. The Kier molecular flexibility index (Phi) is 3.28. The van der Waals surface area contributed by atoms with E-state index >= 15 is 0 Å². The van der Waals surface area contributed by atoms with Crippen LogP contribution in [0.2, 0.25) is 0 Å². The second-order valence-electron chi connectivity index (χ2n) is 4.85. The van der Waals surface area contributed by atoms with Gasteiger partial charge in [0.1, 0.15) is 0 Å². The van der Waals surface area contributed by atoms with E-state index in [4.69, 9.17) is 0 Å². The van der Waals surface area contributed by atoms with Gasteiger partial charge in [0.25, 0.3) is 0 Å². The van der Waals surface area contributed by atoms with Gasteiger partial charge in [-0.1, -0.05) is 13.8 Å². The van der Waals surface area contributed by atoms with Crippen LogP contribution in [0.25, 0.3) is 10.9 Å². The van der Waals surface area contributed by atoms with E-state index in [1.807, 2.05) is 0 Å². The first-order valence-electron chi connectivity index (χ1n) is 5.82. The number of fused-ring (bicyclic) bond motifs is 1. The minimum absolute atomic E-state index is 0.454. The topological polar surface area (TPSA) is 12.9 Å². The molecule has 0 aliphatic rings. The fourth-order valence-electron chi connectivity index (χ4n) is 1.94. The highest BCUT2D eigenvalue weighted by Gasteiger charge is 2.30. The lowest BCUT2D eigenvalue weighted by Gasteiger charge is -2.09. The van der Waals surface area contributed by atoms with Crippen molar-refractivity contribution in [2.24, 2.45) is 5.92 Å². The molecule has 0 spiro atoms. The van der Waals surface area contributed by atoms with E-state index in [0.717, 1.165) is 24.1 Å². The minimum Gasteiger partial charge on any atom is -0.256 e. The van der Waals surface area contributed by atoms with Crippen LogP contribution in [-0.2, 0) is 12.6 Å². The van der Waals surface area contributed by atoms with E-state index in [1.54, 1.807) is 12.3 Å². The summed E-state index contributed by atoms with van der Waals surface area (Å²) in [6.07, 6.45) is -1.75. The van der Waals surface area contributed by atoms with Crippen LogP contribution in [0.4, 0.5) is 13.2 Å². The zero-order valence-electron chi connectivity index (χ0n) is 10.3. The fraction of sp³-hybridized carbons (Fsp3) is 0.357. The van der Waals surface area contributed by atoms with E-state index in [2.05, 4.69) is 18.8 Å². The summed E-state index contributed by atoms with van der Waals surface area (Å²) in [5.41, 5.74) is 0.936. The maximum atomic E-state index is 12.6. The number of rotatable bonds is 2. The lowest BCUT2D eigenvalue weighted by molar-refractivity contribution is -0.137. The molecule has 18 heavy (non-hydrogen) atoms. The van der Waals surface area contributed by atoms with E-state index in [-0.39, 0.29) is 0 Å². The molecule has 0 saturated heterocycles. The molecule has 0 unspecified atom stereocenters. The number of alkyl halides is 3. The largest absolute Gasteiger partial charge is 0.416 e. The molecule has 1 aromatic heterocycles. The van der Waals surface area contributed by atoms with Crippen LogP contribution >= 0.6 is 0 Å². The van der Waals surface area contributed by atoms with Gasteiger partial charge in [-0.25, -0.2) is 0 Å². The Morgan fingerprint density at radius 2 is 1.89 bits per heavy atom. The summed E-state index contributed by atoms with van der Waals surface area (Å²) in [7, 11) is 0. The summed E-state index contributed by atoms with van der Waals surface area (Å²) in [4.78, 5) is 4.19. The third-order valence-corrected chi connectivity index (χ3v) is 2.71. The average Bonchev–Trinajstić information content (AvgIpc) is 2.26. The standard InChI is InChI=1S/C14H14F3N/c1-9(2)5-10-6-11-7-12(14(15,16)17)3-4-13(11)18-8-10/h3-4,6-9H,5H2,1-2H3. The van der Waals surface area contributed by atoms with Gasteiger partial charge in [-0.2, -0.15) is 13.2 Å². The van der Waals surface area contributed by atoms with Gasteiger partial charge in [0.2, 0.25) is 0 Å². The Hall–Kier alpha value is -1.58. The predicted molar refractivity (Wildman–Crippen MR) is 65.3 cm³/mol. The SMILES string of the molecule is CC(C)Cc1cnc2ccc(C(F)(F)F)cc2c1. The van der Waals surface area contributed by atoms with Gasteiger partial charge >= 0.3 is 6.18 Å². The van der Waals surface area contributed by atoms with E-state index < -0.39 is 11.7 Å². The second-order valence-corrected chi connectivity index (χ2v) is 4.85. The summed E-state index contributed by atoms with van der Waals surface area (Å²) in [6, 6.07) is 5.43. The first-order chi connectivity index (χ1) is 8.36. The minimum atomic E-state index is -4.30. The van der Waals surface area contributed by atoms with Crippen LogP contribution in [0.5, 0.6) is 0 Å². The van der Waals surface area contributed by atoms with E-state index in [0.29, 0.717) is 16.8 Å². The van der Waals surface area contributed by atoms with Gasteiger partial charge in [-0.15, -0.1) is 0 Å². The van der Waals surface area contributed by atoms with Crippen molar-refractivity contribution >= 4 is 10.9 Å². The Labute approximate surface area is 104 Å². The molecule has 0 fully saturated rings. The fourth-order valence-corrected chi connectivity index (χ4v) is 1.94. The molecule has 0 radical (unpaired) electrons. The number of halogens is 3. The molecule has 1 aromatic carbocycles. The third kappa shape index (κ3) is 2.81. The molecule has 1 heterocycles. The average molecular weight is 253 g/mol.